The minimum absolute atomic E-state index is 0.0480. The van der Waals surface area contributed by atoms with Crippen molar-refractivity contribution < 1.29 is 34.9 Å². The van der Waals surface area contributed by atoms with Crippen molar-refractivity contribution in [2.24, 2.45) is 10.9 Å². The number of benzene rings is 1. The Labute approximate surface area is 147 Å². The molecule has 3 nitrogen and oxygen atoms in total. The number of aryl methyl sites for hydroxylation is 1. The van der Waals surface area contributed by atoms with Gasteiger partial charge in [0.15, 0.2) is 0 Å². The minimum Gasteiger partial charge on any atom is -0.334 e. The van der Waals surface area contributed by atoms with Crippen LogP contribution in [0, 0.1) is 18.7 Å². The molecule has 0 aromatic heterocycles. The summed E-state index contributed by atoms with van der Waals surface area (Å²) in [5.74, 6) is -4.19. The molecule has 0 saturated heterocycles. The molecule has 146 valence electrons. The quantitative estimate of drug-likeness (QED) is 0.443. The normalized spacial score (nSPS) is 17.3. The second-order valence-electron chi connectivity index (χ2n) is 5.96. The molecule has 0 bridgehead atoms. The fourth-order valence-electron chi connectivity index (χ4n) is 2.07. The highest BCUT2D eigenvalue weighted by atomic mass is 32.2. The number of amidine groups is 1. The molecule has 1 fully saturated rings. The van der Waals surface area contributed by atoms with Gasteiger partial charge in [-0.3, -0.25) is 9.20 Å². The van der Waals surface area contributed by atoms with E-state index in [0.29, 0.717) is 6.07 Å². The molecule has 1 atom stereocenters. The van der Waals surface area contributed by atoms with Crippen LogP contribution in [0.25, 0.3) is 0 Å². The van der Waals surface area contributed by atoms with Crippen molar-refractivity contribution in [2.75, 3.05) is 17.6 Å². The summed E-state index contributed by atoms with van der Waals surface area (Å²) < 4.78 is 102. The molecule has 1 N–H and O–H groups in total. The molecule has 1 saturated carbocycles. The van der Waals surface area contributed by atoms with Gasteiger partial charge in [0.05, 0.1) is 16.5 Å². The molecular formula is C15H15F7N2OS. The van der Waals surface area contributed by atoms with Crippen LogP contribution >= 0.6 is 0 Å². The van der Waals surface area contributed by atoms with E-state index in [2.05, 4.69) is 4.99 Å². The molecular weight excluding hydrogens is 389 g/mol. The molecule has 1 aliphatic carbocycles. The van der Waals surface area contributed by atoms with Crippen LogP contribution in [0.5, 0.6) is 0 Å². The zero-order chi connectivity index (χ0) is 19.7. The van der Waals surface area contributed by atoms with Crippen molar-refractivity contribution >= 4 is 22.3 Å². The Morgan fingerprint density at radius 1 is 1.23 bits per heavy atom. The van der Waals surface area contributed by atoms with Gasteiger partial charge >= 0.3 is 12.4 Å². The summed E-state index contributed by atoms with van der Waals surface area (Å²) in [7, 11) is -2.57. The third-order valence-electron chi connectivity index (χ3n) is 3.53. The largest absolute Gasteiger partial charge is 0.449 e. The number of nitrogens with zero attached hydrogens (tertiary/aromatic N) is 1. The van der Waals surface area contributed by atoms with Gasteiger partial charge in [0.1, 0.15) is 11.6 Å². The van der Waals surface area contributed by atoms with Crippen molar-refractivity contribution in [3.63, 3.8) is 0 Å². The molecule has 0 radical (unpaired) electrons. The van der Waals surface area contributed by atoms with Gasteiger partial charge in [0.2, 0.25) is 5.84 Å². The van der Waals surface area contributed by atoms with Gasteiger partial charge in [-0.25, -0.2) is 4.39 Å². The molecule has 1 aliphatic rings. The van der Waals surface area contributed by atoms with Gasteiger partial charge in [-0.05, 0) is 43.4 Å². The average Bonchev–Trinajstić information content (AvgIpc) is 3.26. The van der Waals surface area contributed by atoms with Crippen molar-refractivity contribution in [2.45, 2.75) is 37.0 Å². The van der Waals surface area contributed by atoms with E-state index >= 15 is 0 Å². The first-order valence-corrected chi connectivity index (χ1v) is 8.82. The maximum absolute atomic E-state index is 14.0. The molecule has 0 aliphatic heterocycles. The van der Waals surface area contributed by atoms with Crippen LogP contribution < -0.4 is 5.32 Å². The van der Waals surface area contributed by atoms with Crippen LogP contribution in [-0.4, -0.2) is 34.7 Å². The Hall–Kier alpha value is -1.65. The van der Waals surface area contributed by atoms with Crippen molar-refractivity contribution in [3.05, 3.63) is 23.5 Å². The molecule has 0 amide bonds. The highest BCUT2D eigenvalue weighted by molar-refractivity contribution is 7.85. The molecule has 26 heavy (non-hydrogen) atoms. The van der Waals surface area contributed by atoms with E-state index in [0.717, 1.165) is 18.9 Å². The first-order chi connectivity index (χ1) is 11.9. The number of anilines is 1. The highest BCUT2D eigenvalue weighted by Gasteiger charge is 2.37. The summed E-state index contributed by atoms with van der Waals surface area (Å²) in [5.41, 5.74) is -0.785. The Balaban J connectivity index is 2.31. The predicted molar refractivity (Wildman–Crippen MR) is 83.2 cm³/mol. The first kappa shape index (κ1) is 20.7. The zero-order valence-electron chi connectivity index (χ0n) is 13.5. The van der Waals surface area contributed by atoms with E-state index in [9.17, 15) is 34.9 Å². The lowest BCUT2D eigenvalue weighted by molar-refractivity contribution is -0.105. The zero-order valence-corrected chi connectivity index (χ0v) is 14.3. The standard InChI is InChI=1S/C15H15F7N2OS/c1-8-4-10(16)11(5-12(8)26(25)7-14(17,18)19)24-13(15(20,21)22)23-6-9-2-3-9/h4-5,9H,2-3,6-7H2,1H3,(H,23,24). The van der Waals surface area contributed by atoms with Crippen LogP contribution in [0.1, 0.15) is 18.4 Å². The summed E-state index contributed by atoms with van der Waals surface area (Å²) in [5, 5.41) is 1.79. The molecule has 2 rings (SSSR count). The number of halogens is 7. The van der Waals surface area contributed by atoms with Crippen LogP contribution in [0.2, 0.25) is 0 Å². The Bertz CT molecular complexity index is 724. The van der Waals surface area contributed by atoms with E-state index in [4.69, 9.17) is 0 Å². The van der Waals surface area contributed by atoms with Gasteiger partial charge < -0.3 is 5.32 Å². The van der Waals surface area contributed by atoms with Crippen LogP contribution in [0.15, 0.2) is 22.0 Å². The molecule has 0 heterocycles. The SMILES string of the molecule is Cc1cc(F)c(NC(=NCC2CC2)C(F)(F)F)cc1S(=O)CC(F)(F)F. The first-order valence-electron chi connectivity index (χ1n) is 7.51. The van der Waals surface area contributed by atoms with Crippen LogP contribution in [0.3, 0.4) is 0 Å². The maximum atomic E-state index is 14.0. The van der Waals surface area contributed by atoms with Crippen LogP contribution in [-0.2, 0) is 10.8 Å². The van der Waals surface area contributed by atoms with Gasteiger partial charge in [-0.1, -0.05) is 0 Å². The smallest absolute Gasteiger partial charge is 0.334 e. The van der Waals surface area contributed by atoms with E-state index < -0.39 is 51.1 Å². The molecule has 1 aromatic carbocycles. The van der Waals surface area contributed by atoms with Crippen molar-refractivity contribution in [1.29, 1.82) is 0 Å². The summed E-state index contributed by atoms with van der Waals surface area (Å²) in [6.07, 6.45) is -8.11. The number of nitrogens with one attached hydrogen (secondary N) is 1. The number of rotatable bonds is 5. The fraction of sp³-hybridized carbons (Fsp3) is 0.533. The highest BCUT2D eigenvalue weighted by Crippen LogP contribution is 2.31. The Kier molecular flexibility index (Phi) is 5.99. The third-order valence-corrected chi connectivity index (χ3v) is 5.05. The molecule has 0 spiro atoms. The second-order valence-corrected chi connectivity index (χ2v) is 7.38. The monoisotopic (exact) mass is 404 g/mol. The molecule has 1 unspecified atom stereocenters. The number of hydrogen-bond donors (Lipinski definition) is 1. The molecule has 11 heteroatoms. The van der Waals surface area contributed by atoms with E-state index in [-0.39, 0.29) is 18.0 Å². The lowest BCUT2D eigenvalue weighted by atomic mass is 10.2. The van der Waals surface area contributed by atoms with E-state index in [1.165, 1.54) is 6.92 Å². The van der Waals surface area contributed by atoms with Crippen molar-refractivity contribution in [1.82, 2.24) is 0 Å². The van der Waals surface area contributed by atoms with Gasteiger partial charge in [-0.2, -0.15) is 26.3 Å². The summed E-state index contributed by atoms with van der Waals surface area (Å²) in [6.45, 7) is 1.14. The van der Waals surface area contributed by atoms with Crippen LogP contribution in [0.4, 0.5) is 36.4 Å². The van der Waals surface area contributed by atoms with Gasteiger partial charge in [0.25, 0.3) is 0 Å². The van der Waals surface area contributed by atoms with E-state index in [1.54, 1.807) is 5.32 Å². The maximum Gasteiger partial charge on any atom is 0.449 e. The van der Waals surface area contributed by atoms with Gasteiger partial charge in [-0.15, -0.1) is 0 Å². The number of alkyl halides is 6. The second kappa shape index (κ2) is 7.53. The summed E-state index contributed by atoms with van der Waals surface area (Å²) in [4.78, 5) is 3.01. The Morgan fingerprint density at radius 2 is 1.85 bits per heavy atom. The van der Waals surface area contributed by atoms with Crippen molar-refractivity contribution in [3.8, 4) is 0 Å². The number of hydrogen-bond acceptors (Lipinski definition) is 2. The Morgan fingerprint density at radius 3 is 2.35 bits per heavy atom. The summed E-state index contributed by atoms with van der Waals surface area (Å²) in [6, 6.07) is 1.44. The predicted octanol–water partition coefficient (Wildman–Crippen LogP) is 4.59. The molecule has 1 aromatic rings. The lowest BCUT2D eigenvalue weighted by Gasteiger charge is -2.16. The average molecular weight is 404 g/mol. The number of aliphatic imine (C=N–C) groups is 1. The fourth-order valence-corrected chi connectivity index (χ4v) is 3.19. The minimum atomic E-state index is -4.89. The summed E-state index contributed by atoms with van der Waals surface area (Å²) >= 11 is 0. The van der Waals surface area contributed by atoms with E-state index in [1.807, 2.05) is 0 Å². The van der Waals surface area contributed by atoms with Gasteiger partial charge in [0, 0.05) is 11.4 Å². The lowest BCUT2D eigenvalue weighted by Crippen LogP contribution is -2.31. The topological polar surface area (TPSA) is 41.5 Å². The third kappa shape index (κ3) is 5.96.